The van der Waals surface area contributed by atoms with E-state index in [1.807, 2.05) is 346 Å². The first-order chi connectivity index (χ1) is 59.4. The molecule has 18 heteroatoms. The summed E-state index contributed by atoms with van der Waals surface area (Å²) in [4.78, 5) is 88.8. The van der Waals surface area contributed by atoms with Crippen molar-refractivity contribution in [1.29, 1.82) is 0 Å². The Morgan fingerprint density at radius 1 is 0.108 bits per heavy atom. The predicted octanol–water partition coefficient (Wildman–Crippen LogP) is 22.5. The second kappa shape index (κ2) is 34.1. The van der Waals surface area contributed by atoms with Gasteiger partial charge in [0.05, 0.1) is 45.6 Å². The van der Waals surface area contributed by atoms with E-state index >= 15 is 0 Å². The van der Waals surface area contributed by atoms with Crippen molar-refractivity contribution >= 4 is 0 Å². The molecule has 0 N–H and O–H groups in total. The van der Waals surface area contributed by atoms with Gasteiger partial charge in [0.1, 0.15) is 5.69 Å². The Morgan fingerprint density at radius 2 is 0.358 bits per heavy atom. The molecule has 20 rings (SSSR count). The fraction of sp³-hybridized carbons (Fsp3) is 0. The summed E-state index contributed by atoms with van der Waals surface area (Å²) in [6.45, 7) is 0. The van der Waals surface area contributed by atoms with Crippen LogP contribution in [0.2, 0.25) is 0 Å². The molecule has 10 aromatic heterocycles. The molecular formula is C102H66N18. The lowest BCUT2D eigenvalue weighted by Gasteiger charge is -2.14. The Labute approximate surface area is 690 Å². The minimum Gasteiger partial charge on any atom is -0.255 e. The fourth-order valence-corrected chi connectivity index (χ4v) is 13.8. The van der Waals surface area contributed by atoms with Gasteiger partial charge < -0.3 is 0 Å². The molecule has 0 bridgehead atoms. The van der Waals surface area contributed by atoms with Crippen LogP contribution in [0, 0.1) is 0 Å². The molecular weight excluding hydrogens is 1480 g/mol. The van der Waals surface area contributed by atoms with Crippen LogP contribution in [0.15, 0.2) is 401 Å². The van der Waals surface area contributed by atoms with Crippen molar-refractivity contribution in [3.63, 3.8) is 0 Å². The lowest BCUT2D eigenvalue weighted by Crippen LogP contribution is -2.02. The molecule has 10 aromatic carbocycles. The van der Waals surface area contributed by atoms with E-state index in [0.29, 0.717) is 104 Å². The van der Waals surface area contributed by atoms with Crippen LogP contribution >= 0.6 is 0 Å². The Bertz CT molecular complexity index is 6740. The molecule has 18 nitrogen and oxygen atoms in total. The first-order valence-corrected chi connectivity index (χ1v) is 38.9. The zero-order chi connectivity index (χ0) is 80.2. The summed E-state index contributed by atoms with van der Waals surface area (Å²) in [6, 6.07) is 126. The van der Waals surface area contributed by atoms with E-state index in [9.17, 15) is 0 Å². The molecule has 0 amide bonds. The van der Waals surface area contributed by atoms with Crippen molar-refractivity contribution in [1.82, 2.24) is 89.7 Å². The zero-order valence-electron chi connectivity index (χ0n) is 64.2. The van der Waals surface area contributed by atoms with Crippen LogP contribution in [0.4, 0.5) is 0 Å². The normalized spacial score (nSPS) is 11.0. The molecule has 564 valence electrons. The third-order valence-electron chi connectivity index (χ3n) is 19.8. The van der Waals surface area contributed by atoms with Gasteiger partial charge in [0.25, 0.3) is 0 Å². The summed E-state index contributed by atoms with van der Waals surface area (Å²) < 4.78 is 0. The van der Waals surface area contributed by atoms with Crippen molar-refractivity contribution in [2.45, 2.75) is 0 Å². The molecule has 0 aliphatic heterocycles. The van der Waals surface area contributed by atoms with Gasteiger partial charge in [-0.05, 0) is 95.1 Å². The SMILES string of the molecule is c1ccc(-c2nc(-c3ccccc3)nc(-c3ccc(-c4cc(-c5ccccn5)nc(-c5cccc(-c6nc(-c7ccccc7)nc(-c7ccccc7)n6)n5)c4)cc3)n2)cc1.c1ccc(-c2nc(-c3ccccc3)nc(-c3ccnc(-c4cc(-c5ccccc5-c5nc(-c6ccccc6)nc(-c6ccccc6)n5)cc(-c5ccccn5)n4)c3)n2)cc1. The maximum atomic E-state index is 5.16. The molecule has 0 fully saturated rings. The summed E-state index contributed by atoms with van der Waals surface area (Å²) in [7, 11) is 0. The van der Waals surface area contributed by atoms with Crippen molar-refractivity contribution in [2.24, 2.45) is 0 Å². The van der Waals surface area contributed by atoms with Crippen LogP contribution < -0.4 is 0 Å². The lowest BCUT2D eigenvalue weighted by atomic mass is 9.97. The number of hydrogen-bond donors (Lipinski definition) is 0. The van der Waals surface area contributed by atoms with Crippen molar-refractivity contribution in [2.75, 3.05) is 0 Å². The largest absolute Gasteiger partial charge is 0.255 e. The smallest absolute Gasteiger partial charge is 0.182 e. The second-order valence-corrected chi connectivity index (χ2v) is 27.8. The maximum absolute atomic E-state index is 5.16. The van der Waals surface area contributed by atoms with E-state index in [2.05, 4.69) is 46.4 Å². The highest BCUT2D eigenvalue weighted by Gasteiger charge is 2.23. The molecule has 0 atom stereocenters. The highest BCUT2D eigenvalue weighted by Crippen LogP contribution is 2.39. The molecule has 10 heterocycles. The summed E-state index contributed by atoms with van der Waals surface area (Å²) in [5.41, 5.74) is 19.5. The van der Waals surface area contributed by atoms with Crippen molar-refractivity contribution in [3.8, 4) is 205 Å². The number of benzene rings is 10. The summed E-state index contributed by atoms with van der Waals surface area (Å²) in [5.74, 6) is 6.82. The van der Waals surface area contributed by atoms with Crippen LogP contribution in [-0.4, -0.2) is 89.7 Å². The fourth-order valence-electron chi connectivity index (χ4n) is 13.8. The van der Waals surface area contributed by atoms with Gasteiger partial charge in [-0.2, -0.15) is 0 Å². The average Bonchev–Trinajstić information content (AvgIpc) is 0.775. The van der Waals surface area contributed by atoms with E-state index in [1.54, 1.807) is 18.6 Å². The van der Waals surface area contributed by atoms with Crippen LogP contribution in [-0.2, 0) is 0 Å². The lowest BCUT2D eigenvalue weighted by molar-refractivity contribution is 1.06. The first-order valence-electron chi connectivity index (χ1n) is 38.9. The number of aromatic nitrogens is 18. The number of rotatable bonds is 18. The zero-order valence-corrected chi connectivity index (χ0v) is 64.2. The van der Waals surface area contributed by atoms with E-state index in [-0.39, 0.29) is 0 Å². The summed E-state index contributed by atoms with van der Waals surface area (Å²) in [5, 5.41) is 0. The third-order valence-corrected chi connectivity index (χ3v) is 19.8. The van der Waals surface area contributed by atoms with Gasteiger partial charge >= 0.3 is 0 Å². The molecule has 20 aromatic rings. The molecule has 0 spiro atoms. The molecule has 0 aliphatic carbocycles. The molecule has 0 aliphatic rings. The Balaban J connectivity index is 0.000000159. The Morgan fingerprint density at radius 3 is 0.725 bits per heavy atom. The van der Waals surface area contributed by atoms with E-state index in [4.69, 9.17) is 79.7 Å². The number of nitrogens with zero attached hydrogens (tertiary/aromatic N) is 18. The second-order valence-electron chi connectivity index (χ2n) is 27.8. The van der Waals surface area contributed by atoms with Gasteiger partial charge in [-0.3, -0.25) is 15.0 Å². The van der Waals surface area contributed by atoms with Gasteiger partial charge in [-0.15, -0.1) is 0 Å². The number of pyridine rings is 6. The minimum atomic E-state index is 0.463. The van der Waals surface area contributed by atoms with E-state index in [1.165, 1.54) is 0 Å². The highest BCUT2D eigenvalue weighted by molar-refractivity contribution is 5.86. The van der Waals surface area contributed by atoms with Crippen molar-refractivity contribution in [3.05, 3.63) is 401 Å². The maximum Gasteiger partial charge on any atom is 0.182 e. The molecule has 0 saturated carbocycles. The van der Waals surface area contributed by atoms with E-state index in [0.717, 1.165) is 101 Å². The topological polar surface area (TPSA) is 232 Å². The Kier molecular flexibility index (Phi) is 20.8. The van der Waals surface area contributed by atoms with E-state index < -0.39 is 0 Å². The van der Waals surface area contributed by atoms with Crippen LogP contribution in [0.5, 0.6) is 0 Å². The summed E-state index contributed by atoms with van der Waals surface area (Å²) in [6.07, 6.45) is 5.31. The van der Waals surface area contributed by atoms with Crippen molar-refractivity contribution < 1.29 is 0 Å². The minimum absolute atomic E-state index is 0.463. The van der Waals surface area contributed by atoms with Gasteiger partial charge in [-0.25, -0.2) is 74.8 Å². The Hall–Kier alpha value is -16.9. The van der Waals surface area contributed by atoms with Crippen LogP contribution in [0.25, 0.3) is 205 Å². The highest BCUT2D eigenvalue weighted by atomic mass is 15.1. The average molecular weight is 1540 g/mol. The van der Waals surface area contributed by atoms with Gasteiger partial charge in [-0.1, -0.05) is 309 Å². The van der Waals surface area contributed by atoms with Crippen LogP contribution in [0.3, 0.4) is 0 Å². The molecule has 120 heavy (non-hydrogen) atoms. The van der Waals surface area contributed by atoms with Gasteiger partial charge in [0.15, 0.2) is 69.9 Å². The third kappa shape index (κ3) is 16.5. The first kappa shape index (κ1) is 73.3. The monoisotopic (exact) mass is 1540 g/mol. The molecule has 0 radical (unpaired) electrons. The quantitative estimate of drug-likeness (QED) is 0.0777. The standard InChI is InChI=1S/2C51H33N9/c1-5-17-34(18-6-1)46-55-47(35-19-7-2-8-20-35)58-50(57-46)38-28-30-53-43(31-38)45-33-39(32-44(54-45)42-27-15-16-29-52-42)40-25-13-14-26-41(40)51-59-48(36-21-9-3-10-22-36)56-49(60-51)37-23-11-4-12-24-37;1-5-16-35(17-6-1)46-55-47(36-18-7-2-8-19-36)57-50(56-46)39-29-27-34(28-30-39)40-32-44(41-24-13-14-31-52-41)54-45(33-40)42-25-15-26-43(53-42)51-59-48(37-20-9-3-10-21-37)58-49(60-51)38-22-11-4-12-23-38/h2*1-33H. The predicted molar refractivity (Wildman–Crippen MR) is 471 cm³/mol. The number of hydrogen-bond acceptors (Lipinski definition) is 18. The molecule has 0 unspecified atom stereocenters. The van der Waals surface area contributed by atoms with Gasteiger partial charge in [0, 0.05) is 79.8 Å². The van der Waals surface area contributed by atoms with Crippen LogP contribution in [0.1, 0.15) is 0 Å². The molecule has 0 saturated heterocycles. The summed E-state index contributed by atoms with van der Waals surface area (Å²) >= 11 is 0. The van der Waals surface area contributed by atoms with Gasteiger partial charge in [0.2, 0.25) is 0 Å².